The Bertz CT molecular complexity index is 719. The van der Waals surface area contributed by atoms with E-state index in [-0.39, 0.29) is 0 Å². The first-order valence-corrected chi connectivity index (χ1v) is 8.25. The molecule has 1 heterocycles. The van der Waals surface area contributed by atoms with Gasteiger partial charge in [-0.3, -0.25) is 0 Å². The monoisotopic (exact) mass is 362 g/mol. The number of hydrogen-bond acceptors (Lipinski definition) is 7. The summed E-state index contributed by atoms with van der Waals surface area (Å²) in [6, 6.07) is 15.0. The van der Waals surface area contributed by atoms with Gasteiger partial charge < -0.3 is 34.6 Å². The lowest BCUT2D eigenvalue weighted by atomic mass is 9.99. The zero-order chi connectivity index (χ0) is 18.7. The highest BCUT2D eigenvalue weighted by Gasteiger charge is 2.44. The van der Waals surface area contributed by atoms with E-state index >= 15 is 0 Å². The van der Waals surface area contributed by atoms with Gasteiger partial charge in [0.05, 0.1) is 13.7 Å². The Kier molecular flexibility index (Phi) is 5.75. The fourth-order valence-corrected chi connectivity index (χ4v) is 2.87. The topological polar surface area (TPSA) is 109 Å². The molecule has 0 unspecified atom stereocenters. The summed E-state index contributed by atoms with van der Waals surface area (Å²) in [5, 5.41) is 39.2. The molecule has 3 rings (SSSR count). The van der Waals surface area contributed by atoms with Crippen LogP contribution in [0.4, 0.5) is 0 Å². The first-order chi connectivity index (χ1) is 12.5. The molecule has 1 fully saturated rings. The van der Waals surface area contributed by atoms with Gasteiger partial charge in [-0.05, 0) is 23.3 Å². The van der Waals surface area contributed by atoms with Crippen molar-refractivity contribution in [3.63, 3.8) is 0 Å². The summed E-state index contributed by atoms with van der Waals surface area (Å²) in [6.45, 7) is -0.522. The second kappa shape index (κ2) is 8.03. The molecule has 0 bridgehead atoms. The van der Waals surface area contributed by atoms with E-state index in [9.17, 15) is 20.4 Å². The third-order valence-electron chi connectivity index (χ3n) is 4.36. The van der Waals surface area contributed by atoms with Crippen molar-refractivity contribution in [2.45, 2.75) is 30.7 Å². The Morgan fingerprint density at radius 2 is 1.62 bits per heavy atom. The average molecular weight is 362 g/mol. The molecule has 1 aliphatic rings. The Morgan fingerprint density at radius 1 is 0.885 bits per heavy atom. The number of benzene rings is 2. The number of hydrogen-bond donors (Lipinski definition) is 4. The molecule has 26 heavy (non-hydrogen) atoms. The van der Waals surface area contributed by atoms with Crippen molar-refractivity contribution in [1.82, 2.24) is 0 Å². The number of rotatable bonds is 5. The highest BCUT2D eigenvalue weighted by molar-refractivity contribution is 5.67. The predicted molar refractivity (Wildman–Crippen MR) is 92.8 cm³/mol. The van der Waals surface area contributed by atoms with Crippen LogP contribution < -0.4 is 9.47 Å². The standard InChI is InChI=1S/C19H22O7/c1-24-13-8-7-12(11-5-3-2-4-6-11)9-14(13)25-19-18(23)17(22)16(21)15(10-20)26-19/h2-9,15-23H,10H2,1H3/t15-,16-,17+,18-,19-/m1/s1. The van der Waals surface area contributed by atoms with Crippen LogP contribution >= 0.6 is 0 Å². The quantitative estimate of drug-likeness (QED) is 0.615. The highest BCUT2D eigenvalue weighted by atomic mass is 16.7. The van der Waals surface area contributed by atoms with E-state index in [0.717, 1.165) is 11.1 Å². The van der Waals surface area contributed by atoms with Gasteiger partial charge in [-0.1, -0.05) is 36.4 Å². The van der Waals surface area contributed by atoms with Crippen LogP contribution in [0.1, 0.15) is 0 Å². The zero-order valence-corrected chi connectivity index (χ0v) is 14.2. The molecule has 1 saturated heterocycles. The van der Waals surface area contributed by atoms with Crippen LogP contribution in [0.2, 0.25) is 0 Å². The fourth-order valence-electron chi connectivity index (χ4n) is 2.87. The molecule has 140 valence electrons. The van der Waals surface area contributed by atoms with Crippen molar-refractivity contribution in [2.24, 2.45) is 0 Å². The van der Waals surface area contributed by atoms with E-state index in [1.807, 2.05) is 36.4 Å². The average Bonchev–Trinajstić information content (AvgIpc) is 2.69. The third kappa shape index (κ3) is 3.67. The highest BCUT2D eigenvalue weighted by Crippen LogP contribution is 2.35. The normalized spacial score (nSPS) is 28.6. The first-order valence-electron chi connectivity index (χ1n) is 8.25. The second-order valence-electron chi connectivity index (χ2n) is 6.05. The van der Waals surface area contributed by atoms with Crippen molar-refractivity contribution in [3.8, 4) is 22.6 Å². The maximum absolute atomic E-state index is 10.1. The smallest absolute Gasteiger partial charge is 0.229 e. The van der Waals surface area contributed by atoms with Crippen LogP contribution in [0.25, 0.3) is 11.1 Å². The second-order valence-corrected chi connectivity index (χ2v) is 6.05. The van der Waals surface area contributed by atoms with Crippen molar-refractivity contribution < 1.29 is 34.6 Å². The minimum atomic E-state index is -1.51. The molecule has 1 aliphatic heterocycles. The van der Waals surface area contributed by atoms with E-state index in [4.69, 9.17) is 14.2 Å². The molecular formula is C19H22O7. The predicted octanol–water partition coefficient (Wildman–Crippen LogP) is 0.541. The van der Waals surface area contributed by atoms with E-state index in [0.29, 0.717) is 11.5 Å². The van der Waals surface area contributed by atoms with E-state index < -0.39 is 37.3 Å². The number of aliphatic hydroxyl groups is 4. The van der Waals surface area contributed by atoms with Crippen molar-refractivity contribution in [3.05, 3.63) is 48.5 Å². The van der Waals surface area contributed by atoms with Gasteiger partial charge in [0.25, 0.3) is 0 Å². The molecule has 0 aliphatic carbocycles. The van der Waals surface area contributed by atoms with Crippen molar-refractivity contribution in [2.75, 3.05) is 13.7 Å². The number of ether oxygens (including phenoxy) is 3. The Balaban J connectivity index is 1.88. The van der Waals surface area contributed by atoms with Gasteiger partial charge in [0.2, 0.25) is 6.29 Å². The fraction of sp³-hybridized carbons (Fsp3) is 0.368. The van der Waals surface area contributed by atoms with Crippen LogP contribution in [0, 0.1) is 0 Å². The van der Waals surface area contributed by atoms with Crippen LogP contribution in [-0.4, -0.2) is 64.8 Å². The lowest BCUT2D eigenvalue weighted by molar-refractivity contribution is -0.277. The molecule has 7 nitrogen and oxygen atoms in total. The van der Waals surface area contributed by atoms with Gasteiger partial charge in [0.15, 0.2) is 11.5 Å². The molecule has 0 amide bonds. The lowest BCUT2D eigenvalue weighted by Crippen LogP contribution is -2.60. The summed E-state index contributed by atoms with van der Waals surface area (Å²) >= 11 is 0. The van der Waals surface area contributed by atoms with Crippen LogP contribution in [0.3, 0.4) is 0 Å². The maximum atomic E-state index is 10.1. The Hall–Kier alpha value is -2.16. The number of aliphatic hydroxyl groups excluding tert-OH is 4. The number of methoxy groups -OCH3 is 1. The molecule has 0 saturated carbocycles. The van der Waals surface area contributed by atoms with E-state index in [1.165, 1.54) is 7.11 Å². The van der Waals surface area contributed by atoms with Crippen LogP contribution in [0.5, 0.6) is 11.5 Å². The molecule has 7 heteroatoms. The van der Waals surface area contributed by atoms with Crippen LogP contribution in [-0.2, 0) is 4.74 Å². The van der Waals surface area contributed by atoms with E-state index in [2.05, 4.69) is 0 Å². The summed E-state index contributed by atoms with van der Waals surface area (Å²) in [6.07, 6.45) is -6.74. The molecule has 0 aromatic heterocycles. The molecule has 0 radical (unpaired) electrons. The van der Waals surface area contributed by atoms with Gasteiger partial charge in [-0.2, -0.15) is 0 Å². The molecular weight excluding hydrogens is 340 g/mol. The summed E-state index contributed by atoms with van der Waals surface area (Å²) in [5.74, 6) is 0.722. The van der Waals surface area contributed by atoms with Crippen molar-refractivity contribution in [1.29, 1.82) is 0 Å². The van der Waals surface area contributed by atoms with Gasteiger partial charge in [0, 0.05) is 0 Å². The van der Waals surface area contributed by atoms with Gasteiger partial charge >= 0.3 is 0 Å². The van der Waals surface area contributed by atoms with Gasteiger partial charge in [0.1, 0.15) is 24.4 Å². The molecule has 5 atom stereocenters. The SMILES string of the molecule is COc1ccc(-c2ccccc2)cc1O[C@@H]1O[C@H](CO)[C@@H](O)[C@H](O)[C@H]1O. The van der Waals surface area contributed by atoms with Gasteiger partial charge in [-0.15, -0.1) is 0 Å². The van der Waals surface area contributed by atoms with Crippen molar-refractivity contribution >= 4 is 0 Å². The lowest BCUT2D eigenvalue weighted by Gasteiger charge is -2.39. The minimum absolute atomic E-state index is 0.304. The van der Waals surface area contributed by atoms with E-state index in [1.54, 1.807) is 12.1 Å². The summed E-state index contributed by atoms with van der Waals surface area (Å²) in [4.78, 5) is 0. The molecule has 2 aromatic rings. The van der Waals surface area contributed by atoms with Gasteiger partial charge in [-0.25, -0.2) is 0 Å². The van der Waals surface area contributed by atoms with Crippen LogP contribution in [0.15, 0.2) is 48.5 Å². The molecule has 2 aromatic carbocycles. The summed E-state index contributed by atoms with van der Waals surface area (Å²) < 4.78 is 16.4. The zero-order valence-electron chi connectivity index (χ0n) is 14.2. The maximum Gasteiger partial charge on any atom is 0.229 e. The first kappa shape index (κ1) is 18.6. The Morgan fingerprint density at radius 3 is 2.27 bits per heavy atom. The molecule has 4 N–H and O–H groups in total. The Labute approximate surface area is 151 Å². The molecule has 0 spiro atoms. The third-order valence-corrected chi connectivity index (χ3v) is 4.36. The summed E-state index contributed by atoms with van der Waals surface area (Å²) in [7, 11) is 1.48. The summed E-state index contributed by atoms with van der Waals surface area (Å²) in [5.41, 5.74) is 1.83. The largest absolute Gasteiger partial charge is 0.493 e. The minimum Gasteiger partial charge on any atom is -0.493 e.